The normalized spacial score (nSPS) is 24.8. The summed E-state index contributed by atoms with van der Waals surface area (Å²) in [4.78, 5) is 0.133. The lowest BCUT2D eigenvalue weighted by molar-refractivity contribution is 0.404. The quantitative estimate of drug-likeness (QED) is 0.776. The Balaban J connectivity index is 2.45. The van der Waals surface area contributed by atoms with E-state index in [0.29, 0.717) is 28.3 Å². The van der Waals surface area contributed by atoms with Gasteiger partial charge in [-0.2, -0.15) is 16.1 Å². The van der Waals surface area contributed by atoms with Gasteiger partial charge in [0.25, 0.3) is 0 Å². The molecule has 0 radical (unpaired) electrons. The van der Waals surface area contributed by atoms with Crippen LogP contribution < -0.4 is 5.73 Å². The van der Waals surface area contributed by atoms with Crippen LogP contribution in [0.25, 0.3) is 0 Å². The fraction of sp³-hybridized carbons (Fsp3) is 0.500. The number of halogens is 2. The molecule has 2 atom stereocenters. The van der Waals surface area contributed by atoms with Gasteiger partial charge in [0.05, 0.1) is 9.37 Å². The van der Waals surface area contributed by atoms with Gasteiger partial charge in [-0.1, -0.05) is 25.4 Å². The van der Waals surface area contributed by atoms with Crippen molar-refractivity contribution in [2.75, 3.05) is 18.8 Å². The minimum absolute atomic E-state index is 0.133. The maximum atomic E-state index is 12.8. The van der Waals surface area contributed by atoms with Crippen LogP contribution in [0, 0.1) is 0 Å². The molecule has 1 saturated heterocycles. The summed E-state index contributed by atoms with van der Waals surface area (Å²) in [5.41, 5.74) is 6.11. The van der Waals surface area contributed by atoms with Crippen molar-refractivity contribution in [1.29, 1.82) is 0 Å². The minimum atomic E-state index is -3.59. The van der Waals surface area contributed by atoms with Crippen LogP contribution in [0.3, 0.4) is 0 Å². The number of thioether (sulfide) groups is 1. The molecule has 1 aromatic rings. The Bertz CT molecular complexity index is 614. The average Bonchev–Trinajstić information content (AvgIpc) is 2.32. The summed E-state index contributed by atoms with van der Waals surface area (Å²) in [6, 6.07) is 2.97. The Labute approximate surface area is 137 Å². The van der Waals surface area contributed by atoms with Gasteiger partial charge in [-0.3, -0.25) is 0 Å². The van der Waals surface area contributed by atoms with E-state index in [1.54, 1.807) is 11.8 Å². The van der Waals surface area contributed by atoms with Crippen molar-refractivity contribution in [3.63, 3.8) is 0 Å². The molecule has 0 amide bonds. The van der Waals surface area contributed by atoms with Gasteiger partial charge in [-0.05, 0) is 28.1 Å². The van der Waals surface area contributed by atoms with E-state index in [9.17, 15) is 8.42 Å². The third kappa shape index (κ3) is 3.27. The number of nitrogen functional groups attached to an aromatic ring is 1. The highest BCUT2D eigenvalue weighted by Gasteiger charge is 2.33. The van der Waals surface area contributed by atoms with Crippen molar-refractivity contribution in [2.45, 2.75) is 29.2 Å². The predicted molar refractivity (Wildman–Crippen MR) is 88.8 cm³/mol. The fourth-order valence-corrected chi connectivity index (χ4v) is 6.62. The van der Waals surface area contributed by atoms with Gasteiger partial charge in [-0.15, -0.1) is 0 Å². The summed E-state index contributed by atoms with van der Waals surface area (Å²) >= 11 is 11.0. The highest BCUT2D eigenvalue weighted by molar-refractivity contribution is 9.10. The van der Waals surface area contributed by atoms with Crippen LogP contribution in [-0.4, -0.2) is 36.3 Å². The van der Waals surface area contributed by atoms with Crippen LogP contribution >= 0.6 is 39.3 Å². The molecule has 0 saturated carbocycles. The SMILES string of the molecule is CC1CN(S(=O)(=O)c2cc(Cl)cc(N)c2Br)CC(C)S1. The van der Waals surface area contributed by atoms with Crippen LogP contribution in [0.5, 0.6) is 0 Å². The molecule has 1 heterocycles. The largest absolute Gasteiger partial charge is 0.398 e. The lowest BCUT2D eigenvalue weighted by Crippen LogP contribution is -2.44. The molecule has 0 aromatic heterocycles. The highest BCUT2D eigenvalue weighted by Crippen LogP contribution is 2.35. The van der Waals surface area contributed by atoms with Gasteiger partial charge in [0.2, 0.25) is 10.0 Å². The molecule has 2 N–H and O–H groups in total. The monoisotopic (exact) mass is 398 g/mol. The van der Waals surface area contributed by atoms with Gasteiger partial charge in [0.1, 0.15) is 0 Å². The number of sulfonamides is 1. The molecule has 0 bridgehead atoms. The minimum Gasteiger partial charge on any atom is -0.398 e. The zero-order valence-electron chi connectivity index (χ0n) is 11.1. The van der Waals surface area contributed by atoms with Gasteiger partial charge < -0.3 is 5.73 Å². The molecule has 20 heavy (non-hydrogen) atoms. The van der Waals surface area contributed by atoms with E-state index in [2.05, 4.69) is 15.9 Å². The first-order valence-electron chi connectivity index (χ1n) is 6.12. The van der Waals surface area contributed by atoms with E-state index in [1.165, 1.54) is 16.4 Å². The number of hydrogen-bond donors (Lipinski definition) is 1. The second kappa shape index (κ2) is 6.04. The number of nitrogens with zero attached hydrogens (tertiary/aromatic N) is 1. The molecule has 0 aliphatic carbocycles. The first-order valence-corrected chi connectivity index (χ1v) is 9.67. The number of anilines is 1. The van der Waals surface area contributed by atoms with E-state index in [-0.39, 0.29) is 15.4 Å². The number of benzene rings is 1. The average molecular weight is 400 g/mol. The van der Waals surface area contributed by atoms with E-state index >= 15 is 0 Å². The third-order valence-electron chi connectivity index (χ3n) is 3.04. The zero-order valence-corrected chi connectivity index (χ0v) is 15.1. The number of nitrogens with two attached hydrogens (primary N) is 1. The third-order valence-corrected chi connectivity index (χ3v) is 7.48. The molecule has 1 aliphatic rings. The van der Waals surface area contributed by atoms with Crippen LogP contribution in [0.4, 0.5) is 5.69 Å². The van der Waals surface area contributed by atoms with Crippen LogP contribution in [0.1, 0.15) is 13.8 Å². The molecule has 1 fully saturated rings. The van der Waals surface area contributed by atoms with E-state index in [4.69, 9.17) is 17.3 Å². The lowest BCUT2D eigenvalue weighted by Gasteiger charge is -2.34. The van der Waals surface area contributed by atoms with Crippen molar-refractivity contribution < 1.29 is 8.42 Å². The Morgan fingerprint density at radius 3 is 2.45 bits per heavy atom. The second-order valence-electron chi connectivity index (χ2n) is 4.89. The summed E-state index contributed by atoms with van der Waals surface area (Å²) < 4.78 is 27.4. The molecule has 1 aromatic carbocycles. The summed E-state index contributed by atoms with van der Waals surface area (Å²) in [5.74, 6) is 0. The maximum absolute atomic E-state index is 12.8. The molecule has 112 valence electrons. The van der Waals surface area contributed by atoms with Crippen LogP contribution in [-0.2, 0) is 10.0 Å². The standard InChI is InChI=1S/C12H16BrClN2O2S2/c1-7-5-16(6-8(2)19-7)20(17,18)11-4-9(14)3-10(15)12(11)13/h3-4,7-8H,5-6,15H2,1-2H3. The second-order valence-corrected chi connectivity index (χ2v) is 9.90. The Morgan fingerprint density at radius 2 is 1.90 bits per heavy atom. The van der Waals surface area contributed by atoms with Crippen molar-refractivity contribution in [2.24, 2.45) is 0 Å². The Hall–Kier alpha value is 0.0500. The first kappa shape index (κ1) is 16.4. The molecule has 8 heteroatoms. The molecule has 1 aliphatic heterocycles. The van der Waals surface area contributed by atoms with Gasteiger partial charge in [0, 0.05) is 34.3 Å². The van der Waals surface area contributed by atoms with Gasteiger partial charge >= 0.3 is 0 Å². The summed E-state index contributed by atoms with van der Waals surface area (Å²) in [6.07, 6.45) is 0. The predicted octanol–water partition coefficient (Wildman–Crippen LogP) is 3.20. The molecular weight excluding hydrogens is 384 g/mol. The summed E-state index contributed by atoms with van der Waals surface area (Å²) in [7, 11) is -3.59. The Kier molecular flexibility index (Phi) is 4.96. The van der Waals surface area contributed by atoms with Crippen LogP contribution in [0.15, 0.2) is 21.5 Å². The molecule has 4 nitrogen and oxygen atoms in total. The van der Waals surface area contributed by atoms with Crippen molar-refractivity contribution >= 4 is 55.0 Å². The van der Waals surface area contributed by atoms with Crippen molar-refractivity contribution in [3.8, 4) is 0 Å². The fourth-order valence-electron chi connectivity index (χ4n) is 2.24. The Morgan fingerprint density at radius 1 is 1.35 bits per heavy atom. The number of hydrogen-bond acceptors (Lipinski definition) is 4. The molecule has 2 unspecified atom stereocenters. The molecular formula is C12H16BrClN2O2S2. The molecule has 0 spiro atoms. The molecule has 2 rings (SSSR count). The lowest BCUT2D eigenvalue weighted by atomic mass is 10.3. The maximum Gasteiger partial charge on any atom is 0.244 e. The highest BCUT2D eigenvalue weighted by atomic mass is 79.9. The van der Waals surface area contributed by atoms with Gasteiger partial charge in [-0.25, -0.2) is 8.42 Å². The summed E-state index contributed by atoms with van der Waals surface area (Å²) in [6.45, 7) is 5.06. The topological polar surface area (TPSA) is 63.4 Å². The zero-order chi connectivity index (χ0) is 15.1. The van der Waals surface area contributed by atoms with Crippen LogP contribution in [0.2, 0.25) is 5.02 Å². The smallest absolute Gasteiger partial charge is 0.244 e. The summed E-state index contributed by atoms with van der Waals surface area (Å²) in [5, 5.41) is 0.851. The van der Waals surface area contributed by atoms with Crippen molar-refractivity contribution in [1.82, 2.24) is 4.31 Å². The van der Waals surface area contributed by atoms with Crippen molar-refractivity contribution in [3.05, 3.63) is 21.6 Å². The van der Waals surface area contributed by atoms with E-state index in [0.717, 1.165) is 0 Å². The van der Waals surface area contributed by atoms with Gasteiger partial charge in [0.15, 0.2) is 0 Å². The number of rotatable bonds is 2. The first-order chi connectivity index (χ1) is 9.21. The van der Waals surface area contributed by atoms with E-state index in [1.807, 2.05) is 13.8 Å². The van der Waals surface area contributed by atoms with E-state index < -0.39 is 10.0 Å².